The van der Waals surface area contributed by atoms with Crippen LogP contribution in [-0.2, 0) is 0 Å². The molecule has 3 nitrogen and oxygen atoms in total. The van der Waals surface area contributed by atoms with Crippen LogP contribution in [0.2, 0.25) is 0 Å². The summed E-state index contributed by atoms with van der Waals surface area (Å²) in [5.74, 6) is 1.54. The molecule has 0 aromatic heterocycles. The van der Waals surface area contributed by atoms with E-state index in [9.17, 15) is 4.79 Å². The van der Waals surface area contributed by atoms with Gasteiger partial charge in [0.05, 0.1) is 5.56 Å². The van der Waals surface area contributed by atoms with Crippen LogP contribution in [0.15, 0.2) is 22.7 Å². The fourth-order valence-electron chi connectivity index (χ4n) is 2.36. The Labute approximate surface area is 122 Å². The number of amides is 1. The lowest BCUT2D eigenvalue weighted by atomic mass is 10.1. The summed E-state index contributed by atoms with van der Waals surface area (Å²) in [6.07, 6.45) is 5.07. The molecule has 2 saturated carbocycles. The molecule has 0 heterocycles. The van der Waals surface area contributed by atoms with E-state index in [0.717, 1.165) is 29.4 Å². The highest BCUT2D eigenvalue weighted by atomic mass is 79.9. The number of carbonyl (C=O) groups excluding carboxylic acids is 1. The van der Waals surface area contributed by atoms with Gasteiger partial charge in [0.15, 0.2) is 0 Å². The van der Waals surface area contributed by atoms with Crippen LogP contribution < -0.4 is 5.73 Å². The van der Waals surface area contributed by atoms with E-state index in [-0.39, 0.29) is 5.91 Å². The largest absolute Gasteiger partial charge is 0.398 e. The van der Waals surface area contributed by atoms with Crippen LogP contribution in [0.4, 0.5) is 5.69 Å². The van der Waals surface area contributed by atoms with Crippen molar-refractivity contribution in [1.82, 2.24) is 4.90 Å². The second-order valence-electron chi connectivity index (χ2n) is 5.83. The van der Waals surface area contributed by atoms with Gasteiger partial charge in [-0.2, -0.15) is 0 Å². The number of nitrogens with zero attached hydrogens (tertiary/aromatic N) is 1. The fourth-order valence-corrected chi connectivity index (χ4v) is 2.74. The Morgan fingerprint density at radius 3 is 2.26 bits per heavy atom. The Balaban J connectivity index is 1.76. The SMILES string of the molecule is Nc1cc(Br)ccc1C(=O)N(CC1CC1)CC1CC1. The molecule has 102 valence electrons. The smallest absolute Gasteiger partial charge is 0.255 e. The van der Waals surface area contributed by atoms with Gasteiger partial charge in [0.2, 0.25) is 0 Å². The molecule has 2 fully saturated rings. The van der Waals surface area contributed by atoms with Crippen LogP contribution in [0, 0.1) is 11.8 Å². The maximum absolute atomic E-state index is 12.6. The number of carbonyl (C=O) groups is 1. The minimum Gasteiger partial charge on any atom is -0.398 e. The van der Waals surface area contributed by atoms with Gasteiger partial charge in [-0.15, -0.1) is 0 Å². The van der Waals surface area contributed by atoms with Gasteiger partial charge < -0.3 is 10.6 Å². The quantitative estimate of drug-likeness (QED) is 0.845. The van der Waals surface area contributed by atoms with E-state index in [1.54, 1.807) is 6.07 Å². The van der Waals surface area contributed by atoms with Crippen LogP contribution in [0.5, 0.6) is 0 Å². The van der Waals surface area contributed by atoms with E-state index < -0.39 is 0 Å². The molecule has 0 bridgehead atoms. The van der Waals surface area contributed by atoms with E-state index in [2.05, 4.69) is 15.9 Å². The molecule has 0 radical (unpaired) electrons. The van der Waals surface area contributed by atoms with Crippen LogP contribution in [0.25, 0.3) is 0 Å². The molecule has 0 saturated heterocycles. The highest BCUT2D eigenvalue weighted by Crippen LogP contribution is 2.34. The third kappa shape index (κ3) is 3.30. The maximum atomic E-state index is 12.6. The molecule has 0 spiro atoms. The Kier molecular flexibility index (Phi) is 3.52. The van der Waals surface area contributed by atoms with Crippen molar-refractivity contribution >= 4 is 27.5 Å². The molecule has 3 rings (SSSR count). The Morgan fingerprint density at radius 1 is 1.21 bits per heavy atom. The predicted octanol–water partition coefficient (Wildman–Crippen LogP) is 3.29. The van der Waals surface area contributed by atoms with Crippen molar-refractivity contribution < 1.29 is 4.79 Å². The lowest BCUT2D eigenvalue weighted by Crippen LogP contribution is -2.35. The zero-order valence-corrected chi connectivity index (χ0v) is 12.5. The third-order valence-corrected chi connectivity index (χ3v) is 4.38. The van der Waals surface area contributed by atoms with E-state index in [1.807, 2.05) is 17.0 Å². The molecule has 2 aliphatic carbocycles. The summed E-state index contributed by atoms with van der Waals surface area (Å²) in [5, 5.41) is 0. The van der Waals surface area contributed by atoms with Crippen molar-refractivity contribution in [1.29, 1.82) is 0 Å². The first kappa shape index (κ1) is 13.0. The van der Waals surface area contributed by atoms with Gasteiger partial charge in [-0.05, 0) is 55.7 Å². The molecule has 19 heavy (non-hydrogen) atoms. The number of rotatable bonds is 5. The molecule has 1 aromatic carbocycles. The normalized spacial score (nSPS) is 18.4. The van der Waals surface area contributed by atoms with Crippen molar-refractivity contribution in [3.63, 3.8) is 0 Å². The van der Waals surface area contributed by atoms with E-state index in [4.69, 9.17) is 5.73 Å². The number of nitrogens with two attached hydrogens (primary N) is 1. The van der Waals surface area contributed by atoms with E-state index >= 15 is 0 Å². The van der Waals surface area contributed by atoms with Crippen molar-refractivity contribution in [3.05, 3.63) is 28.2 Å². The highest BCUT2D eigenvalue weighted by Gasteiger charge is 2.32. The molecule has 1 aromatic rings. The first-order valence-corrected chi connectivity index (χ1v) is 7.77. The second kappa shape index (κ2) is 5.16. The summed E-state index contributed by atoms with van der Waals surface area (Å²) in [7, 11) is 0. The second-order valence-corrected chi connectivity index (χ2v) is 6.74. The lowest BCUT2D eigenvalue weighted by molar-refractivity contribution is 0.0740. The van der Waals surface area contributed by atoms with Crippen LogP contribution in [-0.4, -0.2) is 23.9 Å². The number of hydrogen-bond donors (Lipinski definition) is 1. The van der Waals surface area contributed by atoms with Gasteiger partial charge in [0.25, 0.3) is 5.91 Å². The molecular weight excluding hydrogens is 304 g/mol. The molecule has 0 unspecified atom stereocenters. The average Bonchev–Trinajstić information content (AvgIpc) is 3.22. The van der Waals surface area contributed by atoms with Crippen LogP contribution in [0.3, 0.4) is 0 Å². The maximum Gasteiger partial charge on any atom is 0.255 e. The number of nitrogen functional groups attached to an aromatic ring is 1. The fraction of sp³-hybridized carbons (Fsp3) is 0.533. The summed E-state index contributed by atoms with van der Waals surface area (Å²) in [4.78, 5) is 14.7. The first-order valence-electron chi connectivity index (χ1n) is 6.98. The summed E-state index contributed by atoms with van der Waals surface area (Å²) in [6, 6.07) is 5.52. The standard InChI is InChI=1S/C15H19BrN2O/c16-12-5-6-13(14(17)7-12)15(19)18(8-10-1-2-10)9-11-3-4-11/h5-7,10-11H,1-4,8-9,17H2. The Hall–Kier alpha value is -1.03. The van der Waals surface area contributed by atoms with Crippen molar-refractivity contribution in [2.45, 2.75) is 25.7 Å². The van der Waals surface area contributed by atoms with Gasteiger partial charge >= 0.3 is 0 Å². The van der Waals surface area contributed by atoms with Crippen LogP contribution in [0.1, 0.15) is 36.0 Å². The summed E-state index contributed by atoms with van der Waals surface area (Å²) in [6.45, 7) is 1.82. The molecule has 0 atom stereocenters. The Morgan fingerprint density at radius 2 is 1.79 bits per heavy atom. The van der Waals surface area contributed by atoms with E-state index in [0.29, 0.717) is 11.3 Å². The topological polar surface area (TPSA) is 46.3 Å². The summed E-state index contributed by atoms with van der Waals surface area (Å²) >= 11 is 3.38. The lowest BCUT2D eigenvalue weighted by Gasteiger charge is -2.23. The number of anilines is 1. The average molecular weight is 323 g/mol. The monoisotopic (exact) mass is 322 g/mol. The predicted molar refractivity (Wildman–Crippen MR) is 79.9 cm³/mol. The summed E-state index contributed by atoms with van der Waals surface area (Å²) in [5.41, 5.74) is 7.18. The first-order chi connectivity index (χ1) is 9.13. The van der Waals surface area contributed by atoms with Crippen molar-refractivity contribution in [3.8, 4) is 0 Å². The third-order valence-electron chi connectivity index (χ3n) is 3.88. The molecule has 0 aliphatic heterocycles. The molecule has 1 amide bonds. The number of benzene rings is 1. The molecule has 2 aliphatic rings. The van der Waals surface area contributed by atoms with Gasteiger partial charge in [-0.1, -0.05) is 15.9 Å². The molecular formula is C15H19BrN2O. The number of hydrogen-bond acceptors (Lipinski definition) is 2. The molecule has 4 heteroatoms. The van der Waals surface area contributed by atoms with Crippen LogP contribution >= 0.6 is 15.9 Å². The summed E-state index contributed by atoms with van der Waals surface area (Å²) < 4.78 is 0.914. The minimum absolute atomic E-state index is 0.101. The zero-order valence-electron chi connectivity index (χ0n) is 10.9. The number of halogens is 1. The Bertz CT molecular complexity index is 481. The van der Waals surface area contributed by atoms with Gasteiger partial charge in [0.1, 0.15) is 0 Å². The van der Waals surface area contributed by atoms with Gasteiger partial charge in [-0.3, -0.25) is 4.79 Å². The van der Waals surface area contributed by atoms with E-state index in [1.165, 1.54) is 25.7 Å². The highest BCUT2D eigenvalue weighted by molar-refractivity contribution is 9.10. The minimum atomic E-state index is 0.101. The van der Waals surface area contributed by atoms with Gasteiger partial charge in [-0.25, -0.2) is 0 Å². The van der Waals surface area contributed by atoms with Crippen molar-refractivity contribution in [2.24, 2.45) is 11.8 Å². The zero-order chi connectivity index (χ0) is 13.4. The molecule has 2 N–H and O–H groups in total. The van der Waals surface area contributed by atoms with Gasteiger partial charge in [0, 0.05) is 23.2 Å². The van der Waals surface area contributed by atoms with Crippen molar-refractivity contribution in [2.75, 3.05) is 18.8 Å².